The lowest BCUT2D eigenvalue weighted by molar-refractivity contribution is -0.117. The normalized spacial score (nSPS) is 21.4. The summed E-state index contributed by atoms with van der Waals surface area (Å²) < 4.78 is 13.9. The van der Waals surface area contributed by atoms with Gasteiger partial charge < -0.3 is 19.4 Å². The molecule has 3 aromatic heterocycles. The Kier molecular flexibility index (Phi) is 5.02. The Bertz CT molecular complexity index is 1330. The minimum Gasteiger partial charge on any atom is -0.476 e. The molecule has 1 aromatic carbocycles. The zero-order chi connectivity index (χ0) is 22.4. The zero-order valence-corrected chi connectivity index (χ0v) is 18.7. The Labute approximate surface area is 191 Å². The fraction of sp³-hybridized carbons (Fsp3) is 0.400. The number of nitrogens with one attached hydrogen (secondary N) is 1. The molecule has 4 aromatic rings. The number of fused-ring (bicyclic) bond motifs is 2. The number of furan rings is 1. The monoisotopic (exact) mass is 445 g/mol. The van der Waals surface area contributed by atoms with E-state index >= 15 is 0 Å². The highest BCUT2D eigenvalue weighted by Crippen LogP contribution is 2.34. The van der Waals surface area contributed by atoms with Crippen LogP contribution in [0.1, 0.15) is 26.2 Å². The molecular weight excluding hydrogens is 418 g/mol. The first-order valence-corrected chi connectivity index (χ1v) is 11.6. The van der Waals surface area contributed by atoms with Crippen molar-refractivity contribution in [2.24, 2.45) is 5.92 Å². The molecule has 0 radical (unpaired) electrons. The highest BCUT2D eigenvalue weighted by Gasteiger charge is 2.23. The van der Waals surface area contributed by atoms with Gasteiger partial charge in [0.05, 0.1) is 12.8 Å². The van der Waals surface area contributed by atoms with Crippen LogP contribution in [0, 0.1) is 5.92 Å². The third kappa shape index (κ3) is 3.84. The van der Waals surface area contributed by atoms with Crippen molar-refractivity contribution >= 4 is 28.1 Å². The van der Waals surface area contributed by atoms with Gasteiger partial charge >= 0.3 is 0 Å². The summed E-state index contributed by atoms with van der Waals surface area (Å²) in [5.41, 5.74) is 3.54. The minimum absolute atomic E-state index is 0.277. The summed E-state index contributed by atoms with van der Waals surface area (Å²) in [6.45, 7) is 5.61. The zero-order valence-electron chi connectivity index (χ0n) is 18.7. The molecule has 1 aliphatic heterocycles. The number of piperazine rings is 1. The van der Waals surface area contributed by atoms with Gasteiger partial charge in [-0.2, -0.15) is 0 Å². The first-order valence-electron chi connectivity index (χ1n) is 11.6. The number of hydrogen-bond acceptors (Lipinski definition) is 7. The van der Waals surface area contributed by atoms with E-state index in [0.717, 1.165) is 54.1 Å². The van der Waals surface area contributed by atoms with E-state index in [-0.39, 0.29) is 5.92 Å². The highest BCUT2D eigenvalue weighted by molar-refractivity contribution is 5.94. The molecule has 1 saturated carbocycles. The molecule has 4 heterocycles. The van der Waals surface area contributed by atoms with Gasteiger partial charge in [0.1, 0.15) is 17.1 Å². The molecule has 2 aliphatic rings. The van der Waals surface area contributed by atoms with Gasteiger partial charge in [0.25, 0.3) is 0 Å². The quantitative estimate of drug-likeness (QED) is 0.501. The maximum atomic E-state index is 11.5. The molecule has 1 saturated heterocycles. The molecule has 8 nitrogen and oxygen atoms in total. The number of Topliss-reactive ketones (excluding diaryl/α,β-unsaturated/α-hetero) is 1. The van der Waals surface area contributed by atoms with Crippen LogP contribution in [-0.2, 0) is 4.79 Å². The highest BCUT2D eigenvalue weighted by atomic mass is 16.5. The molecule has 170 valence electrons. The first-order chi connectivity index (χ1) is 16.1. The van der Waals surface area contributed by atoms with E-state index in [2.05, 4.69) is 39.4 Å². The molecule has 2 atom stereocenters. The molecule has 1 N–H and O–H groups in total. The standard InChI is InChI=1S/C25H27N5O3/c1-16-14-29(10-9-26-16)20-3-2-4-22-19(20)12-23(33-22)21-13-27-24-7-8-25(28-30(21)24)32-15-17-5-6-18(31)11-17/h2-4,7-8,12-13,16-17,26H,5-6,9-11,14-15H2,1H3/t16-,17-/m0/s1. The van der Waals surface area contributed by atoms with Crippen LogP contribution in [0.5, 0.6) is 5.88 Å². The lowest BCUT2D eigenvalue weighted by Crippen LogP contribution is -2.49. The van der Waals surface area contributed by atoms with Gasteiger partial charge in [-0.05, 0) is 37.6 Å². The predicted molar refractivity (Wildman–Crippen MR) is 126 cm³/mol. The van der Waals surface area contributed by atoms with Crippen LogP contribution in [0.4, 0.5) is 5.69 Å². The van der Waals surface area contributed by atoms with Gasteiger partial charge in [0, 0.05) is 61.6 Å². The summed E-state index contributed by atoms with van der Waals surface area (Å²) in [5.74, 6) is 1.84. The summed E-state index contributed by atoms with van der Waals surface area (Å²) in [6, 6.07) is 12.5. The Morgan fingerprint density at radius 1 is 1.27 bits per heavy atom. The number of ether oxygens (including phenoxy) is 1. The summed E-state index contributed by atoms with van der Waals surface area (Å²) in [4.78, 5) is 18.4. The molecule has 0 amide bonds. The molecule has 0 unspecified atom stereocenters. The van der Waals surface area contributed by atoms with Crippen LogP contribution in [0.2, 0.25) is 0 Å². The van der Waals surface area contributed by atoms with Crippen LogP contribution in [0.15, 0.2) is 47.0 Å². The van der Waals surface area contributed by atoms with E-state index in [0.29, 0.717) is 37.2 Å². The molecule has 1 aliphatic carbocycles. The summed E-state index contributed by atoms with van der Waals surface area (Å²) >= 11 is 0. The van der Waals surface area contributed by atoms with Gasteiger partial charge in [-0.15, -0.1) is 5.10 Å². The number of nitrogens with zero attached hydrogens (tertiary/aromatic N) is 4. The topological polar surface area (TPSA) is 84.9 Å². The number of carbonyl (C=O) groups excluding carboxylic acids is 1. The van der Waals surface area contributed by atoms with Crippen LogP contribution >= 0.6 is 0 Å². The summed E-state index contributed by atoms with van der Waals surface area (Å²) in [6.07, 6.45) is 3.94. The second-order valence-corrected chi connectivity index (χ2v) is 9.14. The second-order valence-electron chi connectivity index (χ2n) is 9.14. The van der Waals surface area contributed by atoms with Crippen molar-refractivity contribution in [3.8, 4) is 17.3 Å². The first kappa shape index (κ1) is 20.2. The van der Waals surface area contributed by atoms with E-state index in [1.165, 1.54) is 5.69 Å². The average Bonchev–Trinajstić information content (AvgIpc) is 3.54. The van der Waals surface area contributed by atoms with Crippen LogP contribution < -0.4 is 15.0 Å². The summed E-state index contributed by atoms with van der Waals surface area (Å²) in [7, 11) is 0. The van der Waals surface area contributed by atoms with Gasteiger partial charge in [-0.3, -0.25) is 4.79 Å². The molecule has 33 heavy (non-hydrogen) atoms. The number of rotatable bonds is 5. The van der Waals surface area contributed by atoms with Gasteiger partial charge in [0.15, 0.2) is 11.4 Å². The summed E-state index contributed by atoms with van der Waals surface area (Å²) in [5, 5.41) is 9.24. The number of benzene rings is 1. The third-order valence-electron chi connectivity index (χ3n) is 6.65. The Balaban J connectivity index is 1.31. The van der Waals surface area contributed by atoms with Crippen molar-refractivity contribution in [3.63, 3.8) is 0 Å². The Morgan fingerprint density at radius 3 is 3.06 bits per heavy atom. The predicted octanol–water partition coefficient (Wildman–Crippen LogP) is 3.69. The van der Waals surface area contributed by atoms with Crippen molar-refractivity contribution < 1.29 is 13.9 Å². The minimum atomic E-state index is 0.277. The van der Waals surface area contributed by atoms with Crippen LogP contribution in [-0.4, -0.2) is 52.7 Å². The van der Waals surface area contributed by atoms with E-state index in [9.17, 15) is 4.79 Å². The number of anilines is 1. The SMILES string of the molecule is C[C@H]1CN(c2cccc3oc(-c4cnc5ccc(OC[C@H]6CCC(=O)C6)nn45)cc23)CCN1. The van der Waals surface area contributed by atoms with E-state index in [1.807, 2.05) is 24.3 Å². The van der Waals surface area contributed by atoms with Crippen molar-refractivity contribution in [1.82, 2.24) is 19.9 Å². The average molecular weight is 446 g/mol. The smallest absolute Gasteiger partial charge is 0.231 e. The van der Waals surface area contributed by atoms with E-state index < -0.39 is 0 Å². The molecular formula is C25H27N5O3. The van der Waals surface area contributed by atoms with Crippen molar-refractivity contribution in [1.29, 1.82) is 0 Å². The molecule has 0 bridgehead atoms. The van der Waals surface area contributed by atoms with Crippen LogP contribution in [0.3, 0.4) is 0 Å². The molecule has 0 spiro atoms. The molecule has 8 heteroatoms. The Morgan fingerprint density at radius 2 is 2.21 bits per heavy atom. The number of aromatic nitrogens is 3. The largest absolute Gasteiger partial charge is 0.476 e. The maximum Gasteiger partial charge on any atom is 0.231 e. The number of carbonyl (C=O) groups is 1. The van der Waals surface area contributed by atoms with Crippen molar-refractivity contribution in [2.45, 2.75) is 32.2 Å². The van der Waals surface area contributed by atoms with E-state index in [4.69, 9.17) is 9.15 Å². The van der Waals surface area contributed by atoms with Crippen molar-refractivity contribution in [2.75, 3.05) is 31.1 Å². The lowest BCUT2D eigenvalue weighted by atomic mass is 10.1. The molecule has 6 rings (SSSR count). The van der Waals surface area contributed by atoms with E-state index in [1.54, 1.807) is 10.7 Å². The molecule has 2 fully saturated rings. The fourth-order valence-electron chi connectivity index (χ4n) is 4.94. The van der Waals surface area contributed by atoms with Gasteiger partial charge in [0.2, 0.25) is 5.88 Å². The fourth-order valence-corrected chi connectivity index (χ4v) is 4.94. The number of imidazole rings is 1. The van der Waals surface area contributed by atoms with Crippen molar-refractivity contribution in [3.05, 3.63) is 42.6 Å². The maximum absolute atomic E-state index is 11.5. The lowest BCUT2D eigenvalue weighted by Gasteiger charge is -2.33. The second kappa shape index (κ2) is 8.19. The van der Waals surface area contributed by atoms with Gasteiger partial charge in [-0.1, -0.05) is 6.07 Å². The number of ketones is 1. The van der Waals surface area contributed by atoms with Gasteiger partial charge in [-0.25, -0.2) is 9.50 Å². The third-order valence-corrected chi connectivity index (χ3v) is 6.65. The van der Waals surface area contributed by atoms with Crippen LogP contribution in [0.25, 0.3) is 28.1 Å². The Hall–Kier alpha value is -3.39. The number of hydrogen-bond donors (Lipinski definition) is 1.